The lowest BCUT2D eigenvalue weighted by atomic mass is 9.88. The summed E-state index contributed by atoms with van der Waals surface area (Å²) in [6.45, 7) is 0. The molecule has 3 aromatic rings. The molecule has 1 unspecified atom stereocenters. The third-order valence-electron chi connectivity index (χ3n) is 4.69. The van der Waals surface area contributed by atoms with Gasteiger partial charge in [-0.2, -0.15) is 0 Å². The van der Waals surface area contributed by atoms with Gasteiger partial charge in [0.15, 0.2) is 0 Å². The van der Waals surface area contributed by atoms with E-state index in [0.29, 0.717) is 6.42 Å². The van der Waals surface area contributed by atoms with Crippen LogP contribution < -0.4 is 14.8 Å². The number of carbonyl (C=O) groups excluding carboxylic acids is 1. The second-order valence-corrected chi connectivity index (χ2v) is 7.08. The Morgan fingerprint density at radius 3 is 2.62 bits per heavy atom. The van der Waals surface area contributed by atoms with Crippen LogP contribution in [0.5, 0.6) is 11.5 Å². The van der Waals surface area contributed by atoms with E-state index in [9.17, 15) is 4.79 Å². The predicted molar refractivity (Wildman–Crippen MR) is 104 cm³/mol. The number of hydrogen-bond donors (Lipinski definition) is 1. The van der Waals surface area contributed by atoms with E-state index in [2.05, 4.69) is 22.8 Å². The van der Waals surface area contributed by atoms with Gasteiger partial charge in [-0.25, -0.2) is 0 Å². The van der Waals surface area contributed by atoms with Gasteiger partial charge < -0.3 is 14.8 Å². The van der Waals surface area contributed by atoms with E-state index in [1.54, 1.807) is 25.6 Å². The maximum atomic E-state index is 12.5. The number of benzene rings is 2. The number of carbonyl (C=O) groups is 1. The van der Waals surface area contributed by atoms with Gasteiger partial charge in [-0.1, -0.05) is 30.3 Å². The summed E-state index contributed by atoms with van der Waals surface area (Å²) in [6, 6.07) is 15.9. The van der Waals surface area contributed by atoms with Crippen LogP contribution in [0.3, 0.4) is 0 Å². The van der Waals surface area contributed by atoms with Crippen molar-refractivity contribution >= 4 is 22.9 Å². The standard InChI is InChI=1S/C21H19NO3S/c1-24-14-8-9-18(25-2)15(10-14)16-11-19(23)22-20-17(12-26-21(16)20)13-6-4-3-5-7-13/h3-10,12,16H,11H2,1-2H3,(H,22,23). The summed E-state index contributed by atoms with van der Waals surface area (Å²) in [5.74, 6) is 1.49. The maximum absolute atomic E-state index is 12.5. The van der Waals surface area contributed by atoms with Crippen LogP contribution in [0.4, 0.5) is 5.69 Å². The summed E-state index contributed by atoms with van der Waals surface area (Å²) < 4.78 is 10.9. The third-order valence-corrected chi connectivity index (χ3v) is 5.78. The maximum Gasteiger partial charge on any atom is 0.225 e. The molecule has 1 aromatic heterocycles. The summed E-state index contributed by atoms with van der Waals surface area (Å²) in [4.78, 5) is 13.6. The van der Waals surface area contributed by atoms with Crippen molar-refractivity contribution < 1.29 is 14.3 Å². The molecule has 1 N–H and O–H groups in total. The zero-order valence-electron chi connectivity index (χ0n) is 14.6. The predicted octanol–water partition coefficient (Wildman–Crippen LogP) is 4.91. The highest BCUT2D eigenvalue weighted by Gasteiger charge is 2.32. The van der Waals surface area contributed by atoms with Gasteiger partial charge in [0.25, 0.3) is 0 Å². The van der Waals surface area contributed by atoms with E-state index in [-0.39, 0.29) is 11.8 Å². The van der Waals surface area contributed by atoms with Gasteiger partial charge in [0.1, 0.15) is 11.5 Å². The van der Waals surface area contributed by atoms with E-state index in [1.807, 2.05) is 36.4 Å². The Morgan fingerprint density at radius 2 is 1.88 bits per heavy atom. The average molecular weight is 365 g/mol. The fraction of sp³-hybridized carbons (Fsp3) is 0.190. The van der Waals surface area contributed by atoms with Gasteiger partial charge >= 0.3 is 0 Å². The first-order chi connectivity index (χ1) is 12.7. The molecule has 0 bridgehead atoms. The largest absolute Gasteiger partial charge is 0.497 e. The highest BCUT2D eigenvalue weighted by atomic mass is 32.1. The zero-order valence-corrected chi connectivity index (χ0v) is 15.4. The van der Waals surface area contributed by atoms with Crippen LogP contribution in [0, 0.1) is 0 Å². The Kier molecular flexibility index (Phi) is 4.39. The SMILES string of the molecule is COc1ccc(OC)c(C2CC(=O)Nc3c(-c4ccccc4)csc32)c1. The fourth-order valence-electron chi connectivity index (χ4n) is 3.42. The molecule has 5 heteroatoms. The molecule has 0 saturated carbocycles. The lowest BCUT2D eigenvalue weighted by molar-refractivity contribution is -0.116. The summed E-state index contributed by atoms with van der Waals surface area (Å²) in [5, 5.41) is 5.19. The molecule has 2 aromatic carbocycles. The van der Waals surface area contributed by atoms with E-state index >= 15 is 0 Å². The van der Waals surface area contributed by atoms with E-state index < -0.39 is 0 Å². The van der Waals surface area contributed by atoms with Crippen LogP contribution in [-0.4, -0.2) is 20.1 Å². The lowest BCUT2D eigenvalue weighted by Crippen LogP contribution is -2.22. The number of fused-ring (bicyclic) bond motifs is 1. The van der Waals surface area contributed by atoms with Crippen LogP contribution in [0.15, 0.2) is 53.9 Å². The number of anilines is 1. The second-order valence-electron chi connectivity index (χ2n) is 6.17. The molecule has 4 rings (SSSR count). The number of nitrogens with one attached hydrogen (secondary N) is 1. The van der Waals surface area contributed by atoms with Crippen LogP contribution in [-0.2, 0) is 4.79 Å². The first-order valence-electron chi connectivity index (χ1n) is 8.40. The molecular formula is C21H19NO3S. The van der Waals surface area contributed by atoms with Gasteiger partial charge in [-0.15, -0.1) is 11.3 Å². The number of ether oxygens (including phenoxy) is 2. The Bertz CT molecular complexity index is 949. The molecule has 0 spiro atoms. The Hall–Kier alpha value is -2.79. The molecule has 0 radical (unpaired) electrons. The van der Waals surface area contributed by atoms with E-state index in [4.69, 9.17) is 9.47 Å². The monoisotopic (exact) mass is 365 g/mol. The molecule has 4 nitrogen and oxygen atoms in total. The van der Waals surface area contributed by atoms with Crippen molar-refractivity contribution in [3.8, 4) is 22.6 Å². The molecule has 1 amide bonds. The zero-order chi connectivity index (χ0) is 18.1. The second kappa shape index (κ2) is 6.84. The molecule has 26 heavy (non-hydrogen) atoms. The molecule has 1 atom stereocenters. The minimum absolute atomic E-state index is 0.0166. The summed E-state index contributed by atoms with van der Waals surface area (Å²) >= 11 is 1.67. The van der Waals surface area contributed by atoms with Gasteiger partial charge in [0, 0.05) is 33.7 Å². The van der Waals surface area contributed by atoms with Crippen LogP contribution in [0.25, 0.3) is 11.1 Å². The normalized spacial score (nSPS) is 15.9. The van der Waals surface area contributed by atoms with Crippen molar-refractivity contribution in [2.45, 2.75) is 12.3 Å². The minimum Gasteiger partial charge on any atom is -0.497 e. The first-order valence-corrected chi connectivity index (χ1v) is 9.27. The lowest BCUT2D eigenvalue weighted by Gasteiger charge is -2.25. The highest BCUT2D eigenvalue weighted by Crippen LogP contribution is 2.48. The highest BCUT2D eigenvalue weighted by molar-refractivity contribution is 7.11. The molecule has 0 aliphatic carbocycles. The third kappa shape index (κ3) is 2.84. The number of methoxy groups -OCH3 is 2. The number of hydrogen-bond acceptors (Lipinski definition) is 4. The molecule has 0 saturated heterocycles. The minimum atomic E-state index is -0.0498. The summed E-state index contributed by atoms with van der Waals surface area (Å²) in [5.41, 5.74) is 4.05. The van der Waals surface area contributed by atoms with Crippen LogP contribution >= 0.6 is 11.3 Å². The summed E-state index contributed by atoms with van der Waals surface area (Å²) in [6.07, 6.45) is 0.394. The van der Waals surface area contributed by atoms with Crippen molar-refractivity contribution in [1.29, 1.82) is 0 Å². The van der Waals surface area contributed by atoms with Crippen molar-refractivity contribution in [2.24, 2.45) is 0 Å². The average Bonchev–Trinajstić information content (AvgIpc) is 3.11. The molecule has 1 aliphatic heterocycles. The quantitative estimate of drug-likeness (QED) is 0.715. The van der Waals surface area contributed by atoms with E-state index in [0.717, 1.165) is 38.8 Å². The fourth-order valence-corrected chi connectivity index (χ4v) is 4.57. The Morgan fingerprint density at radius 1 is 1.08 bits per heavy atom. The molecular weight excluding hydrogens is 346 g/mol. The van der Waals surface area contributed by atoms with Gasteiger partial charge in [0.05, 0.1) is 19.9 Å². The number of amides is 1. The van der Waals surface area contributed by atoms with Crippen LogP contribution in [0.2, 0.25) is 0 Å². The number of thiophene rings is 1. The Labute approximate surface area is 156 Å². The van der Waals surface area contributed by atoms with Crippen molar-refractivity contribution in [3.05, 3.63) is 64.4 Å². The summed E-state index contributed by atoms with van der Waals surface area (Å²) in [7, 11) is 3.29. The molecule has 2 heterocycles. The Balaban J connectivity index is 1.85. The van der Waals surface area contributed by atoms with Crippen LogP contribution in [0.1, 0.15) is 22.8 Å². The van der Waals surface area contributed by atoms with Crippen molar-refractivity contribution in [2.75, 3.05) is 19.5 Å². The smallest absolute Gasteiger partial charge is 0.225 e. The molecule has 132 valence electrons. The topological polar surface area (TPSA) is 47.6 Å². The van der Waals surface area contributed by atoms with Crippen molar-refractivity contribution in [3.63, 3.8) is 0 Å². The van der Waals surface area contributed by atoms with Gasteiger partial charge in [-0.3, -0.25) is 4.79 Å². The van der Waals surface area contributed by atoms with Gasteiger partial charge in [0.2, 0.25) is 5.91 Å². The first kappa shape index (κ1) is 16.7. The molecule has 0 fully saturated rings. The van der Waals surface area contributed by atoms with Gasteiger partial charge in [-0.05, 0) is 23.8 Å². The number of rotatable bonds is 4. The molecule has 1 aliphatic rings. The van der Waals surface area contributed by atoms with E-state index in [1.165, 1.54) is 0 Å². The van der Waals surface area contributed by atoms with Crippen molar-refractivity contribution in [1.82, 2.24) is 0 Å².